The lowest BCUT2D eigenvalue weighted by molar-refractivity contribution is 0.0601. The lowest BCUT2D eigenvalue weighted by atomic mass is 10.2. The summed E-state index contributed by atoms with van der Waals surface area (Å²) < 4.78 is 4.72. The van der Waals surface area contributed by atoms with Crippen LogP contribution in [0.1, 0.15) is 24.2 Å². The second-order valence-corrected chi connectivity index (χ2v) is 6.20. The van der Waals surface area contributed by atoms with Crippen LogP contribution in [-0.2, 0) is 4.74 Å². The fourth-order valence-electron chi connectivity index (χ4n) is 2.45. The van der Waals surface area contributed by atoms with Gasteiger partial charge in [-0.2, -0.15) is 4.98 Å². The molecular formula is C20H21N5O2. The van der Waals surface area contributed by atoms with Crippen LogP contribution in [0.5, 0.6) is 0 Å². The van der Waals surface area contributed by atoms with E-state index >= 15 is 0 Å². The molecule has 0 saturated carbocycles. The van der Waals surface area contributed by atoms with E-state index in [1.165, 1.54) is 7.11 Å². The summed E-state index contributed by atoms with van der Waals surface area (Å²) in [5, 5.41) is 6.48. The molecule has 0 unspecified atom stereocenters. The highest BCUT2D eigenvalue weighted by atomic mass is 16.5. The number of hydrogen-bond donors (Lipinski definition) is 2. The van der Waals surface area contributed by atoms with Gasteiger partial charge in [-0.1, -0.05) is 0 Å². The first kappa shape index (κ1) is 18.3. The molecular weight excluding hydrogens is 342 g/mol. The van der Waals surface area contributed by atoms with Gasteiger partial charge < -0.3 is 15.4 Å². The van der Waals surface area contributed by atoms with Gasteiger partial charge in [0.05, 0.1) is 18.4 Å². The number of aromatic nitrogens is 3. The number of carbonyl (C=O) groups is 1. The molecule has 3 rings (SSSR count). The highest BCUT2D eigenvalue weighted by Gasteiger charge is 2.09. The van der Waals surface area contributed by atoms with Gasteiger partial charge in [0.25, 0.3) is 0 Å². The van der Waals surface area contributed by atoms with Crippen LogP contribution in [0.2, 0.25) is 0 Å². The van der Waals surface area contributed by atoms with Crippen molar-refractivity contribution in [1.29, 1.82) is 0 Å². The monoisotopic (exact) mass is 363 g/mol. The molecule has 0 fully saturated rings. The van der Waals surface area contributed by atoms with Crippen LogP contribution < -0.4 is 10.6 Å². The van der Waals surface area contributed by atoms with Crippen molar-refractivity contribution < 1.29 is 9.53 Å². The van der Waals surface area contributed by atoms with Crippen molar-refractivity contribution in [3.05, 3.63) is 60.4 Å². The molecule has 0 saturated heterocycles. The molecule has 138 valence electrons. The maximum atomic E-state index is 11.6. The van der Waals surface area contributed by atoms with E-state index in [0.29, 0.717) is 17.3 Å². The zero-order valence-corrected chi connectivity index (χ0v) is 15.4. The second-order valence-electron chi connectivity index (χ2n) is 6.20. The largest absolute Gasteiger partial charge is 0.465 e. The molecule has 3 aromatic rings. The number of esters is 1. The molecule has 0 radical (unpaired) electrons. The highest BCUT2D eigenvalue weighted by Crippen LogP contribution is 2.23. The van der Waals surface area contributed by atoms with Crippen LogP contribution in [0.3, 0.4) is 0 Å². The number of carbonyl (C=O) groups excluding carboxylic acids is 1. The summed E-state index contributed by atoms with van der Waals surface area (Å²) in [6.45, 7) is 4.05. The minimum Gasteiger partial charge on any atom is -0.465 e. The molecule has 27 heavy (non-hydrogen) atoms. The first-order chi connectivity index (χ1) is 13.0. The summed E-state index contributed by atoms with van der Waals surface area (Å²) in [7, 11) is 1.36. The molecule has 1 aromatic carbocycles. The highest BCUT2D eigenvalue weighted by molar-refractivity contribution is 5.89. The Morgan fingerprint density at radius 3 is 2.52 bits per heavy atom. The molecule has 0 amide bonds. The van der Waals surface area contributed by atoms with Gasteiger partial charge in [-0.3, -0.25) is 4.98 Å². The Hall–Kier alpha value is -3.48. The quantitative estimate of drug-likeness (QED) is 0.642. The molecule has 7 nitrogen and oxygen atoms in total. The molecule has 0 atom stereocenters. The predicted molar refractivity (Wildman–Crippen MR) is 105 cm³/mol. The molecule has 2 heterocycles. The average Bonchev–Trinajstić information content (AvgIpc) is 2.68. The number of methoxy groups -OCH3 is 1. The summed E-state index contributed by atoms with van der Waals surface area (Å²) in [4.78, 5) is 24.8. The van der Waals surface area contributed by atoms with Crippen molar-refractivity contribution in [3.63, 3.8) is 0 Å². The van der Waals surface area contributed by atoms with Gasteiger partial charge in [0.1, 0.15) is 5.82 Å². The lowest BCUT2D eigenvalue weighted by Crippen LogP contribution is -2.13. The third kappa shape index (κ3) is 4.78. The van der Waals surface area contributed by atoms with Gasteiger partial charge in [0.2, 0.25) is 5.95 Å². The van der Waals surface area contributed by atoms with Gasteiger partial charge in [-0.25, -0.2) is 9.78 Å². The summed E-state index contributed by atoms with van der Waals surface area (Å²) in [5.74, 6) is 0.795. The number of pyridine rings is 1. The molecule has 0 aliphatic rings. The molecule has 0 spiro atoms. The van der Waals surface area contributed by atoms with Crippen LogP contribution in [0.25, 0.3) is 11.3 Å². The minimum atomic E-state index is -0.370. The van der Waals surface area contributed by atoms with E-state index in [1.54, 1.807) is 36.7 Å². The number of anilines is 3. The van der Waals surface area contributed by atoms with Crippen molar-refractivity contribution in [3.8, 4) is 11.3 Å². The van der Waals surface area contributed by atoms with E-state index in [9.17, 15) is 4.79 Å². The Labute approximate surface area is 157 Å². The zero-order valence-electron chi connectivity index (χ0n) is 15.4. The van der Waals surface area contributed by atoms with Gasteiger partial charge in [-0.15, -0.1) is 0 Å². The van der Waals surface area contributed by atoms with E-state index in [1.807, 2.05) is 32.0 Å². The molecule has 0 aliphatic heterocycles. The second kappa shape index (κ2) is 8.27. The standard InChI is InChI=1S/C20H21N5O2/c1-13(2)22-20-24-17(15-5-4-10-21-12-15)11-18(25-20)23-16-8-6-14(7-9-16)19(26)27-3/h4-13H,1-3H3,(H2,22,23,24,25). The van der Waals surface area contributed by atoms with E-state index in [-0.39, 0.29) is 12.0 Å². The van der Waals surface area contributed by atoms with Gasteiger partial charge in [0, 0.05) is 35.8 Å². The molecule has 2 N–H and O–H groups in total. The third-order valence-electron chi connectivity index (χ3n) is 3.68. The van der Waals surface area contributed by atoms with Crippen molar-refractivity contribution in [2.75, 3.05) is 17.7 Å². The predicted octanol–water partition coefficient (Wildman–Crippen LogP) is 3.89. The maximum Gasteiger partial charge on any atom is 0.337 e. The fraction of sp³-hybridized carbons (Fsp3) is 0.200. The van der Waals surface area contributed by atoms with Crippen molar-refractivity contribution in [1.82, 2.24) is 15.0 Å². The van der Waals surface area contributed by atoms with Crippen LogP contribution in [0, 0.1) is 0 Å². The Kier molecular flexibility index (Phi) is 5.61. The van der Waals surface area contributed by atoms with Crippen molar-refractivity contribution in [2.45, 2.75) is 19.9 Å². The number of benzene rings is 1. The third-order valence-corrected chi connectivity index (χ3v) is 3.68. The van der Waals surface area contributed by atoms with Crippen molar-refractivity contribution >= 4 is 23.4 Å². The molecule has 7 heteroatoms. The zero-order chi connectivity index (χ0) is 19.2. The number of hydrogen-bond acceptors (Lipinski definition) is 7. The lowest BCUT2D eigenvalue weighted by Gasteiger charge is -2.13. The van der Waals surface area contributed by atoms with Crippen molar-refractivity contribution in [2.24, 2.45) is 0 Å². The number of nitrogens with zero attached hydrogens (tertiary/aromatic N) is 3. The first-order valence-corrected chi connectivity index (χ1v) is 8.56. The van der Waals surface area contributed by atoms with Gasteiger partial charge >= 0.3 is 5.97 Å². The Bertz CT molecular complexity index is 911. The molecule has 0 aliphatic carbocycles. The number of ether oxygens (including phenoxy) is 1. The van der Waals surface area contributed by atoms with E-state index in [4.69, 9.17) is 4.74 Å². The molecule has 0 bridgehead atoms. The SMILES string of the molecule is COC(=O)c1ccc(Nc2cc(-c3cccnc3)nc(NC(C)C)n2)cc1. The van der Waals surface area contributed by atoms with E-state index in [2.05, 4.69) is 25.6 Å². The van der Waals surface area contributed by atoms with Crippen LogP contribution >= 0.6 is 0 Å². The van der Waals surface area contributed by atoms with E-state index in [0.717, 1.165) is 16.9 Å². The first-order valence-electron chi connectivity index (χ1n) is 8.56. The summed E-state index contributed by atoms with van der Waals surface area (Å²) >= 11 is 0. The minimum absolute atomic E-state index is 0.196. The molecule has 2 aromatic heterocycles. The number of nitrogens with one attached hydrogen (secondary N) is 2. The topological polar surface area (TPSA) is 89.0 Å². The van der Waals surface area contributed by atoms with Gasteiger partial charge in [-0.05, 0) is 50.2 Å². The van der Waals surface area contributed by atoms with Crippen LogP contribution in [0.4, 0.5) is 17.5 Å². The number of rotatable bonds is 6. The van der Waals surface area contributed by atoms with Crippen LogP contribution in [0.15, 0.2) is 54.9 Å². The summed E-state index contributed by atoms with van der Waals surface area (Å²) in [6, 6.07) is 12.9. The Morgan fingerprint density at radius 2 is 1.89 bits per heavy atom. The van der Waals surface area contributed by atoms with Gasteiger partial charge in [0.15, 0.2) is 0 Å². The summed E-state index contributed by atoms with van der Waals surface area (Å²) in [6.07, 6.45) is 3.48. The van der Waals surface area contributed by atoms with Crippen LogP contribution in [-0.4, -0.2) is 34.1 Å². The maximum absolute atomic E-state index is 11.6. The fourth-order valence-corrected chi connectivity index (χ4v) is 2.45. The Balaban J connectivity index is 1.90. The Morgan fingerprint density at radius 1 is 1.11 bits per heavy atom. The average molecular weight is 363 g/mol. The van der Waals surface area contributed by atoms with E-state index < -0.39 is 0 Å². The normalized spacial score (nSPS) is 10.5. The summed E-state index contributed by atoms with van der Waals surface area (Å²) in [5.41, 5.74) is 2.95. The smallest absolute Gasteiger partial charge is 0.337 e.